The van der Waals surface area contributed by atoms with Gasteiger partial charge in [0.25, 0.3) is 0 Å². The first kappa shape index (κ1) is 26.3. The molecular weight excluding hydrogens is 478 g/mol. The van der Waals surface area contributed by atoms with Crippen molar-refractivity contribution in [2.75, 3.05) is 47.6 Å². The molecule has 0 aromatic heterocycles. The fraction of sp³-hybridized carbons (Fsp3) is 0.391. The molecule has 3 rings (SSSR count). The fourth-order valence-corrected chi connectivity index (χ4v) is 5.03. The van der Waals surface area contributed by atoms with Crippen LogP contribution in [-0.4, -0.2) is 78.3 Å². The Labute approximate surface area is 204 Å². The molecule has 0 radical (unpaired) electrons. The lowest BCUT2D eigenvalue weighted by Gasteiger charge is -2.23. The average Bonchev–Trinajstić information content (AvgIpc) is 3.36. The van der Waals surface area contributed by atoms with Crippen LogP contribution in [0.5, 0.6) is 17.2 Å². The Balaban J connectivity index is 1.53. The van der Waals surface area contributed by atoms with E-state index in [4.69, 9.17) is 18.9 Å². The highest BCUT2D eigenvalue weighted by molar-refractivity contribution is 7.89. The highest BCUT2D eigenvalue weighted by Gasteiger charge is 2.37. The normalized spacial score (nSPS) is 15.9. The topological polar surface area (TPSA) is 132 Å². The van der Waals surface area contributed by atoms with Gasteiger partial charge in [-0.1, -0.05) is 12.1 Å². The molecule has 1 fully saturated rings. The zero-order chi connectivity index (χ0) is 25.4. The molecule has 1 atom stereocenters. The summed E-state index contributed by atoms with van der Waals surface area (Å²) in [6.45, 7) is 0.335. The van der Waals surface area contributed by atoms with Crippen molar-refractivity contribution in [3.05, 3.63) is 48.0 Å². The first-order valence-corrected chi connectivity index (χ1v) is 12.3. The van der Waals surface area contributed by atoms with E-state index < -0.39 is 28.1 Å². The van der Waals surface area contributed by atoms with Crippen molar-refractivity contribution in [1.29, 1.82) is 0 Å². The van der Waals surface area contributed by atoms with Crippen molar-refractivity contribution in [2.45, 2.75) is 17.5 Å². The van der Waals surface area contributed by atoms with E-state index in [0.717, 1.165) is 15.6 Å². The fourth-order valence-electron chi connectivity index (χ4n) is 3.51. The first-order valence-electron chi connectivity index (χ1n) is 10.8. The Hall–Kier alpha value is -3.35. The standard InChI is InChI=1S/C23H29N3O8S/c1-31-17-6-4-16(5-7-17)10-11-24-22(27)23(28)25-15-21-26(12-13-34-21)35(29,30)18-8-9-19(32-2)20(14-18)33-3/h4-9,14,21H,10-13,15H2,1-3H3,(H,24,27)(H,25,28)/t21-/m1/s1. The van der Waals surface area contributed by atoms with Gasteiger partial charge in [-0.15, -0.1) is 0 Å². The van der Waals surface area contributed by atoms with Gasteiger partial charge in [0.1, 0.15) is 12.0 Å². The molecule has 2 amide bonds. The zero-order valence-corrected chi connectivity index (χ0v) is 20.6. The smallest absolute Gasteiger partial charge is 0.309 e. The molecule has 0 saturated carbocycles. The number of carbonyl (C=O) groups excluding carboxylic acids is 2. The number of methoxy groups -OCH3 is 3. The third-order valence-corrected chi connectivity index (χ3v) is 7.29. The molecule has 0 aliphatic carbocycles. The average molecular weight is 508 g/mol. The number of amides is 2. The zero-order valence-electron chi connectivity index (χ0n) is 19.8. The van der Waals surface area contributed by atoms with Crippen molar-refractivity contribution in [2.24, 2.45) is 0 Å². The van der Waals surface area contributed by atoms with Gasteiger partial charge >= 0.3 is 11.8 Å². The highest BCUT2D eigenvalue weighted by atomic mass is 32.2. The number of carbonyl (C=O) groups is 2. The lowest BCUT2D eigenvalue weighted by molar-refractivity contribution is -0.139. The van der Waals surface area contributed by atoms with Crippen LogP contribution in [0.3, 0.4) is 0 Å². The lowest BCUT2D eigenvalue weighted by atomic mass is 10.1. The Kier molecular flexibility index (Phi) is 8.90. The van der Waals surface area contributed by atoms with Gasteiger partial charge in [0.15, 0.2) is 11.5 Å². The van der Waals surface area contributed by atoms with E-state index in [9.17, 15) is 18.0 Å². The molecular formula is C23H29N3O8S. The van der Waals surface area contributed by atoms with Crippen LogP contribution in [-0.2, 0) is 30.8 Å². The summed E-state index contributed by atoms with van der Waals surface area (Å²) in [5.74, 6) is -0.297. The number of sulfonamides is 1. The SMILES string of the molecule is COc1ccc(CCNC(=O)C(=O)NC[C@H]2OCCN2S(=O)(=O)c2ccc(OC)c(OC)c2)cc1. The molecule has 1 aliphatic rings. The molecule has 1 saturated heterocycles. The summed E-state index contributed by atoms with van der Waals surface area (Å²) in [7, 11) is 0.490. The summed E-state index contributed by atoms with van der Waals surface area (Å²) in [6, 6.07) is 11.6. The number of hydrogen-bond donors (Lipinski definition) is 2. The summed E-state index contributed by atoms with van der Waals surface area (Å²) in [6.07, 6.45) is -0.421. The Bertz CT molecular complexity index is 1140. The van der Waals surface area contributed by atoms with Gasteiger partial charge in [0.2, 0.25) is 10.0 Å². The van der Waals surface area contributed by atoms with E-state index in [0.29, 0.717) is 12.2 Å². The molecule has 0 spiro atoms. The predicted octanol–water partition coefficient (Wildman–Crippen LogP) is 0.535. The number of rotatable bonds is 10. The van der Waals surface area contributed by atoms with Gasteiger partial charge in [-0.25, -0.2) is 8.42 Å². The van der Waals surface area contributed by atoms with Crippen molar-refractivity contribution in [3.8, 4) is 17.2 Å². The second-order valence-corrected chi connectivity index (χ2v) is 9.41. The van der Waals surface area contributed by atoms with Crippen LogP contribution in [0.25, 0.3) is 0 Å². The number of nitrogens with zero attached hydrogens (tertiary/aromatic N) is 1. The summed E-state index contributed by atoms with van der Waals surface area (Å²) in [5, 5.41) is 4.98. The summed E-state index contributed by atoms with van der Waals surface area (Å²) < 4.78 is 48.4. The maximum absolute atomic E-state index is 13.2. The van der Waals surface area contributed by atoms with Crippen LogP contribution in [0.15, 0.2) is 47.4 Å². The molecule has 1 aliphatic heterocycles. The van der Waals surface area contributed by atoms with Gasteiger partial charge in [0.05, 0.1) is 39.4 Å². The van der Waals surface area contributed by atoms with E-state index in [-0.39, 0.29) is 36.9 Å². The molecule has 0 unspecified atom stereocenters. The molecule has 12 heteroatoms. The number of ether oxygens (including phenoxy) is 4. The third-order valence-electron chi connectivity index (χ3n) is 5.41. The molecule has 190 valence electrons. The van der Waals surface area contributed by atoms with E-state index in [2.05, 4.69) is 10.6 Å². The molecule has 35 heavy (non-hydrogen) atoms. The van der Waals surface area contributed by atoms with Crippen molar-refractivity contribution in [3.63, 3.8) is 0 Å². The van der Waals surface area contributed by atoms with Gasteiger partial charge in [0, 0.05) is 19.2 Å². The van der Waals surface area contributed by atoms with Crippen LogP contribution >= 0.6 is 0 Å². The Morgan fingerprint density at radius 1 is 0.971 bits per heavy atom. The monoisotopic (exact) mass is 507 g/mol. The Morgan fingerprint density at radius 2 is 1.66 bits per heavy atom. The van der Waals surface area contributed by atoms with Crippen molar-refractivity contribution >= 4 is 21.8 Å². The third kappa shape index (κ3) is 6.41. The number of benzene rings is 2. The minimum Gasteiger partial charge on any atom is -0.497 e. The van der Waals surface area contributed by atoms with Crippen molar-refractivity contribution < 1.29 is 37.0 Å². The van der Waals surface area contributed by atoms with Gasteiger partial charge < -0.3 is 29.6 Å². The minimum absolute atomic E-state index is 0.00625. The van der Waals surface area contributed by atoms with Crippen LogP contribution in [0.2, 0.25) is 0 Å². The van der Waals surface area contributed by atoms with Crippen LogP contribution in [0.4, 0.5) is 0 Å². The second-order valence-electron chi connectivity index (χ2n) is 7.52. The van der Waals surface area contributed by atoms with Gasteiger partial charge in [-0.3, -0.25) is 9.59 Å². The first-order chi connectivity index (χ1) is 16.8. The molecule has 11 nitrogen and oxygen atoms in total. The summed E-state index contributed by atoms with van der Waals surface area (Å²) >= 11 is 0. The van der Waals surface area contributed by atoms with Crippen LogP contribution in [0.1, 0.15) is 5.56 Å². The maximum Gasteiger partial charge on any atom is 0.309 e. The molecule has 2 aromatic carbocycles. The van der Waals surface area contributed by atoms with E-state index in [1.165, 1.54) is 32.4 Å². The molecule has 1 heterocycles. The van der Waals surface area contributed by atoms with Crippen LogP contribution < -0.4 is 24.8 Å². The minimum atomic E-state index is -3.95. The summed E-state index contributed by atoms with van der Waals surface area (Å²) in [4.78, 5) is 24.3. The number of hydrogen-bond acceptors (Lipinski definition) is 8. The summed E-state index contributed by atoms with van der Waals surface area (Å²) in [5.41, 5.74) is 0.974. The van der Waals surface area contributed by atoms with Gasteiger partial charge in [-0.05, 0) is 36.2 Å². The molecule has 0 bridgehead atoms. The second kappa shape index (κ2) is 11.9. The Morgan fingerprint density at radius 3 is 2.31 bits per heavy atom. The maximum atomic E-state index is 13.2. The predicted molar refractivity (Wildman–Crippen MR) is 126 cm³/mol. The van der Waals surface area contributed by atoms with Crippen LogP contribution in [0, 0.1) is 0 Å². The highest BCUT2D eigenvalue weighted by Crippen LogP contribution is 2.31. The van der Waals surface area contributed by atoms with E-state index in [1.807, 2.05) is 24.3 Å². The largest absolute Gasteiger partial charge is 0.497 e. The van der Waals surface area contributed by atoms with Crippen molar-refractivity contribution in [1.82, 2.24) is 14.9 Å². The quantitative estimate of drug-likeness (QED) is 0.445. The lowest BCUT2D eigenvalue weighted by Crippen LogP contribution is -2.47. The van der Waals surface area contributed by atoms with E-state index in [1.54, 1.807) is 7.11 Å². The molecule has 2 N–H and O–H groups in total. The molecule has 2 aromatic rings. The number of nitrogens with one attached hydrogen (secondary N) is 2. The van der Waals surface area contributed by atoms with E-state index >= 15 is 0 Å². The van der Waals surface area contributed by atoms with Gasteiger partial charge in [-0.2, -0.15) is 4.31 Å².